The average Bonchev–Trinajstić information content (AvgIpc) is 2.43. The van der Waals surface area contributed by atoms with E-state index in [9.17, 15) is 19.1 Å². The van der Waals surface area contributed by atoms with Gasteiger partial charge in [-0.1, -0.05) is 25.0 Å². The molecule has 2 aliphatic rings. The van der Waals surface area contributed by atoms with Crippen molar-refractivity contribution in [3.05, 3.63) is 35.6 Å². The van der Waals surface area contributed by atoms with Gasteiger partial charge in [-0.15, -0.1) is 0 Å². The molecule has 0 unspecified atom stereocenters. The molecule has 0 aromatic heterocycles. The van der Waals surface area contributed by atoms with Crippen molar-refractivity contribution < 1.29 is 19.1 Å². The number of rotatable bonds is 6. The zero-order valence-electron chi connectivity index (χ0n) is 13.1. The Morgan fingerprint density at radius 2 is 1.70 bits per heavy atom. The maximum absolute atomic E-state index is 13.1. The molecule has 1 aromatic rings. The van der Waals surface area contributed by atoms with Crippen LogP contribution in [0.4, 0.5) is 4.39 Å². The molecule has 2 aliphatic carbocycles. The molecule has 1 aromatic carbocycles. The minimum Gasteiger partial charge on any atom is -0.481 e. The molecule has 4 nitrogen and oxygen atoms in total. The topological polar surface area (TPSA) is 66.4 Å². The normalized spacial score (nSPS) is 20.9. The van der Waals surface area contributed by atoms with Crippen LogP contribution < -0.4 is 5.32 Å². The Bertz CT molecular complexity index is 603. The molecule has 0 bridgehead atoms. The van der Waals surface area contributed by atoms with E-state index in [1.165, 1.54) is 12.1 Å². The molecule has 5 heteroatoms. The zero-order chi connectivity index (χ0) is 16.5. The van der Waals surface area contributed by atoms with E-state index in [1.807, 2.05) is 0 Å². The van der Waals surface area contributed by atoms with Gasteiger partial charge in [0.25, 0.3) is 0 Å². The van der Waals surface area contributed by atoms with Crippen LogP contribution in [0.1, 0.15) is 50.5 Å². The number of benzene rings is 1. The predicted octanol–water partition coefficient (Wildman–Crippen LogP) is 3.01. The number of carboxylic acid groups (broad SMARTS) is 1. The first-order chi connectivity index (χ1) is 11.0. The lowest BCUT2D eigenvalue weighted by molar-refractivity contribution is -0.157. The van der Waals surface area contributed by atoms with Crippen molar-refractivity contribution in [1.29, 1.82) is 0 Å². The van der Waals surface area contributed by atoms with E-state index in [2.05, 4.69) is 5.32 Å². The number of amides is 1. The third kappa shape index (κ3) is 2.96. The van der Waals surface area contributed by atoms with Crippen molar-refractivity contribution in [2.24, 2.45) is 5.41 Å². The van der Waals surface area contributed by atoms with Gasteiger partial charge in [0.2, 0.25) is 5.91 Å². The average molecular weight is 319 g/mol. The summed E-state index contributed by atoms with van der Waals surface area (Å²) in [4.78, 5) is 23.5. The van der Waals surface area contributed by atoms with Crippen LogP contribution in [0.2, 0.25) is 0 Å². The Balaban J connectivity index is 1.61. The number of hydrogen-bond acceptors (Lipinski definition) is 2. The lowest BCUT2D eigenvalue weighted by Gasteiger charge is -2.43. The van der Waals surface area contributed by atoms with Gasteiger partial charge in [-0.25, -0.2) is 4.39 Å². The Hall–Kier alpha value is -1.91. The van der Waals surface area contributed by atoms with Gasteiger partial charge in [0, 0.05) is 18.4 Å². The van der Waals surface area contributed by atoms with Crippen molar-refractivity contribution in [3.8, 4) is 0 Å². The molecule has 2 saturated carbocycles. The number of halogens is 1. The molecule has 2 N–H and O–H groups in total. The van der Waals surface area contributed by atoms with Crippen molar-refractivity contribution in [3.63, 3.8) is 0 Å². The third-order valence-electron chi connectivity index (χ3n) is 5.65. The molecular weight excluding hydrogens is 297 g/mol. The van der Waals surface area contributed by atoms with Crippen molar-refractivity contribution >= 4 is 11.9 Å². The van der Waals surface area contributed by atoms with E-state index in [4.69, 9.17) is 0 Å². The number of aliphatic carboxylic acids is 1. The zero-order valence-corrected chi connectivity index (χ0v) is 13.1. The van der Waals surface area contributed by atoms with E-state index in [0.29, 0.717) is 19.4 Å². The molecule has 0 atom stereocenters. The number of nitrogens with one attached hydrogen (secondary N) is 1. The molecular formula is C18H22FNO3. The summed E-state index contributed by atoms with van der Waals surface area (Å²) in [7, 11) is 0. The first-order valence-electron chi connectivity index (χ1n) is 8.22. The molecule has 23 heavy (non-hydrogen) atoms. The summed E-state index contributed by atoms with van der Waals surface area (Å²) in [5.41, 5.74) is 0.0635. The van der Waals surface area contributed by atoms with Gasteiger partial charge in [0.15, 0.2) is 0 Å². The third-order valence-corrected chi connectivity index (χ3v) is 5.65. The van der Waals surface area contributed by atoms with Gasteiger partial charge in [0.1, 0.15) is 5.82 Å². The first kappa shape index (κ1) is 16.0. The van der Waals surface area contributed by atoms with E-state index in [0.717, 1.165) is 31.2 Å². The molecule has 124 valence electrons. The first-order valence-corrected chi connectivity index (χ1v) is 8.22. The lowest BCUT2D eigenvalue weighted by Crippen LogP contribution is -2.48. The molecule has 3 rings (SSSR count). The summed E-state index contributed by atoms with van der Waals surface area (Å²) in [5.74, 6) is -1.32. The fraction of sp³-hybridized carbons (Fsp3) is 0.556. The maximum atomic E-state index is 13.1. The highest BCUT2D eigenvalue weighted by atomic mass is 19.1. The number of carboxylic acids is 1. The van der Waals surface area contributed by atoms with Gasteiger partial charge in [-0.3, -0.25) is 9.59 Å². The molecule has 0 radical (unpaired) electrons. The highest BCUT2D eigenvalue weighted by Crippen LogP contribution is 2.45. The smallest absolute Gasteiger partial charge is 0.310 e. The fourth-order valence-corrected chi connectivity index (χ4v) is 3.68. The second-order valence-corrected chi connectivity index (χ2v) is 7.03. The summed E-state index contributed by atoms with van der Waals surface area (Å²) in [5, 5.41) is 12.2. The van der Waals surface area contributed by atoms with E-state index in [1.54, 1.807) is 12.1 Å². The van der Waals surface area contributed by atoms with E-state index >= 15 is 0 Å². The predicted molar refractivity (Wildman–Crippen MR) is 83.5 cm³/mol. The highest BCUT2D eigenvalue weighted by Gasteiger charge is 2.46. The second-order valence-electron chi connectivity index (χ2n) is 7.03. The van der Waals surface area contributed by atoms with Crippen molar-refractivity contribution in [1.82, 2.24) is 5.32 Å². The summed E-state index contributed by atoms with van der Waals surface area (Å²) in [6.45, 7) is 0.493. The Labute approximate surface area is 135 Å². The van der Waals surface area contributed by atoms with Gasteiger partial charge in [-0.2, -0.15) is 0 Å². The SMILES string of the molecule is O=C(CC1(C(=O)O)CCC1)NCC1(c2ccc(F)cc2)CCC1. The number of hydrogen-bond donors (Lipinski definition) is 2. The summed E-state index contributed by atoms with van der Waals surface area (Å²) in [6, 6.07) is 6.46. The Kier molecular flexibility index (Phi) is 4.13. The monoisotopic (exact) mass is 319 g/mol. The van der Waals surface area contributed by atoms with E-state index < -0.39 is 11.4 Å². The van der Waals surface area contributed by atoms with Gasteiger partial charge < -0.3 is 10.4 Å². The summed E-state index contributed by atoms with van der Waals surface area (Å²) < 4.78 is 13.1. The van der Waals surface area contributed by atoms with Crippen LogP contribution in [0, 0.1) is 11.2 Å². The van der Waals surface area contributed by atoms with E-state index in [-0.39, 0.29) is 23.6 Å². The minimum absolute atomic E-state index is 0.0574. The van der Waals surface area contributed by atoms with Crippen LogP contribution in [-0.2, 0) is 15.0 Å². The Morgan fingerprint density at radius 3 is 2.13 bits per heavy atom. The number of carbonyl (C=O) groups is 2. The highest BCUT2D eigenvalue weighted by molar-refractivity contribution is 5.85. The van der Waals surface area contributed by atoms with Crippen molar-refractivity contribution in [2.75, 3.05) is 6.54 Å². The standard InChI is InChI=1S/C18H22FNO3/c19-14-5-3-13(4-6-14)18(9-2-10-18)12-20-15(21)11-17(16(22)23)7-1-8-17/h3-6H,1-2,7-12H2,(H,20,21)(H,22,23). The molecule has 0 aliphatic heterocycles. The Morgan fingerprint density at radius 1 is 1.09 bits per heavy atom. The van der Waals surface area contributed by atoms with Crippen LogP contribution in [0.3, 0.4) is 0 Å². The van der Waals surface area contributed by atoms with Crippen LogP contribution in [0.5, 0.6) is 0 Å². The molecule has 0 heterocycles. The lowest BCUT2D eigenvalue weighted by atomic mass is 9.64. The summed E-state index contributed by atoms with van der Waals surface area (Å²) in [6.07, 6.45) is 5.11. The van der Waals surface area contributed by atoms with Gasteiger partial charge >= 0.3 is 5.97 Å². The van der Waals surface area contributed by atoms with Crippen LogP contribution in [0.25, 0.3) is 0 Å². The van der Waals surface area contributed by atoms with Crippen molar-refractivity contribution in [2.45, 2.75) is 50.4 Å². The molecule has 0 saturated heterocycles. The van der Waals surface area contributed by atoms with Gasteiger partial charge in [-0.05, 0) is 43.4 Å². The number of carbonyl (C=O) groups excluding carboxylic acids is 1. The van der Waals surface area contributed by atoms with Crippen LogP contribution >= 0.6 is 0 Å². The fourth-order valence-electron chi connectivity index (χ4n) is 3.68. The summed E-state index contributed by atoms with van der Waals surface area (Å²) >= 11 is 0. The molecule has 2 fully saturated rings. The molecule has 0 spiro atoms. The quantitative estimate of drug-likeness (QED) is 0.847. The second kappa shape index (κ2) is 5.95. The van der Waals surface area contributed by atoms with Crippen LogP contribution in [-0.4, -0.2) is 23.5 Å². The minimum atomic E-state index is -0.865. The van der Waals surface area contributed by atoms with Gasteiger partial charge in [0.05, 0.1) is 5.41 Å². The largest absolute Gasteiger partial charge is 0.481 e. The molecule has 1 amide bonds. The maximum Gasteiger partial charge on any atom is 0.310 e. The van der Waals surface area contributed by atoms with Crippen LogP contribution in [0.15, 0.2) is 24.3 Å².